The lowest BCUT2D eigenvalue weighted by Crippen LogP contribution is -2.31. The monoisotopic (exact) mass is 233 g/mol. The Morgan fingerprint density at radius 3 is 2.18 bits per heavy atom. The van der Waals surface area contributed by atoms with E-state index in [1.807, 2.05) is 32.0 Å². The molecule has 90 valence electrons. The Morgan fingerprint density at radius 2 is 1.76 bits per heavy atom. The Hall–Kier alpha value is -1.84. The third-order valence-electron chi connectivity index (χ3n) is 3.31. The fourth-order valence-corrected chi connectivity index (χ4v) is 1.91. The van der Waals surface area contributed by atoms with E-state index in [1.165, 1.54) is 0 Å². The van der Waals surface area contributed by atoms with Crippen LogP contribution in [0.3, 0.4) is 0 Å². The summed E-state index contributed by atoms with van der Waals surface area (Å²) in [5, 5.41) is 11.8. The number of benzene rings is 1. The Morgan fingerprint density at radius 1 is 1.24 bits per heavy atom. The number of para-hydroxylation sites is 1. The van der Waals surface area contributed by atoms with Crippen LogP contribution >= 0.6 is 0 Å². The summed E-state index contributed by atoms with van der Waals surface area (Å²) in [5.41, 5.74) is 1.43. The van der Waals surface area contributed by atoms with Crippen molar-refractivity contribution >= 4 is 17.6 Å². The minimum Gasteiger partial charge on any atom is -0.480 e. The zero-order valence-corrected chi connectivity index (χ0v) is 9.91. The van der Waals surface area contributed by atoms with Crippen LogP contribution in [0.25, 0.3) is 0 Å². The van der Waals surface area contributed by atoms with Gasteiger partial charge in [-0.2, -0.15) is 0 Å². The molecule has 0 atom stereocenters. The Kier molecular flexibility index (Phi) is 2.65. The molecule has 1 fully saturated rings. The predicted molar refractivity (Wildman–Crippen MR) is 63.8 cm³/mol. The van der Waals surface area contributed by atoms with Gasteiger partial charge in [0.15, 0.2) is 0 Å². The molecule has 1 aromatic rings. The summed E-state index contributed by atoms with van der Waals surface area (Å²) >= 11 is 0. The van der Waals surface area contributed by atoms with E-state index < -0.39 is 17.3 Å². The van der Waals surface area contributed by atoms with Gasteiger partial charge in [-0.1, -0.05) is 18.2 Å². The van der Waals surface area contributed by atoms with Crippen LogP contribution in [-0.4, -0.2) is 17.0 Å². The van der Waals surface area contributed by atoms with E-state index in [-0.39, 0.29) is 0 Å². The van der Waals surface area contributed by atoms with E-state index in [0.717, 1.165) is 16.8 Å². The standard InChI is InChI=1S/C13H15NO3/c1-8-4-3-5-9(2)10(8)14-11(15)13(6-7-13)12(16)17/h3-5H,6-7H2,1-2H3,(H,14,15)(H,16,17). The first kappa shape index (κ1) is 11.6. The fraction of sp³-hybridized carbons (Fsp3) is 0.385. The van der Waals surface area contributed by atoms with Crippen LogP contribution in [0, 0.1) is 19.3 Å². The predicted octanol–water partition coefficient (Wildman–Crippen LogP) is 2.11. The molecule has 0 radical (unpaired) electrons. The van der Waals surface area contributed by atoms with E-state index in [4.69, 9.17) is 5.11 Å². The van der Waals surface area contributed by atoms with Crippen molar-refractivity contribution in [1.29, 1.82) is 0 Å². The third kappa shape index (κ3) is 1.90. The summed E-state index contributed by atoms with van der Waals surface area (Å²) in [7, 11) is 0. The molecule has 0 aromatic heterocycles. The zero-order valence-electron chi connectivity index (χ0n) is 9.91. The molecule has 0 aliphatic heterocycles. The van der Waals surface area contributed by atoms with Gasteiger partial charge in [0.05, 0.1) is 0 Å². The average Bonchev–Trinajstić information content (AvgIpc) is 3.04. The molecule has 0 saturated heterocycles. The number of amides is 1. The molecule has 1 saturated carbocycles. The molecule has 2 N–H and O–H groups in total. The van der Waals surface area contributed by atoms with E-state index in [9.17, 15) is 9.59 Å². The van der Waals surface area contributed by atoms with Crippen molar-refractivity contribution in [3.63, 3.8) is 0 Å². The van der Waals surface area contributed by atoms with Gasteiger partial charge in [0.25, 0.3) is 0 Å². The molecule has 4 heteroatoms. The molecule has 17 heavy (non-hydrogen) atoms. The number of rotatable bonds is 3. The molecule has 0 unspecified atom stereocenters. The summed E-state index contributed by atoms with van der Waals surface area (Å²) in [5.74, 6) is -1.43. The lowest BCUT2D eigenvalue weighted by atomic mass is 10.0. The van der Waals surface area contributed by atoms with Crippen LogP contribution in [0.4, 0.5) is 5.69 Å². The van der Waals surface area contributed by atoms with E-state index in [2.05, 4.69) is 5.32 Å². The number of aryl methyl sites for hydroxylation is 2. The molecule has 1 amide bonds. The van der Waals surface area contributed by atoms with Crippen molar-refractivity contribution < 1.29 is 14.7 Å². The lowest BCUT2D eigenvalue weighted by molar-refractivity contribution is -0.147. The van der Waals surface area contributed by atoms with Crippen molar-refractivity contribution in [1.82, 2.24) is 0 Å². The van der Waals surface area contributed by atoms with Crippen molar-refractivity contribution in [3.8, 4) is 0 Å². The summed E-state index contributed by atoms with van der Waals surface area (Å²) < 4.78 is 0. The van der Waals surface area contributed by atoms with Gasteiger partial charge >= 0.3 is 5.97 Å². The number of carboxylic acid groups (broad SMARTS) is 1. The topological polar surface area (TPSA) is 66.4 Å². The maximum absolute atomic E-state index is 12.0. The molecule has 0 bridgehead atoms. The molecule has 2 rings (SSSR count). The second-order valence-corrected chi connectivity index (χ2v) is 4.61. The highest BCUT2D eigenvalue weighted by Crippen LogP contribution is 2.47. The highest BCUT2D eigenvalue weighted by atomic mass is 16.4. The summed E-state index contributed by atoms with van der Waals surface area (Å²) in [4.78, 5) is 23.0. The Labute approximate surface area is 99.6 Å². The number of carbonyl (C=O) groups excluding carboxylic acids is 1. The Bertz CT molecular complexity index is 469. The third-order valence-corrected chi connectivity index (χ3v) is 3.31. The second kappa shape index (κ2) is 3.87. The van der Waals surface area contributed by atoms with E-state index in [0.29, 0.717) is 12.8 Å². The number of aliphatic carboxylic acids is 1. The second-order valence-electron chi connectivity index (χ2n) is 4.61. The van der Waals surface area contributed by atoms with E-state index >= 15 is 0 Å². The average molecular weight is 233 g/mol. The van der Waals surface area contributed by atoms with Crippen LogP contribution in [-0.2, 0) is 9.59 Å². The normalized spacial score (nSPS) is 16.4. The number of anilines is 1. The molecule has 1 aromatic carbocycles. The first-order valence-corrected chi connectivity index (χ1v) is 5.58. The van der Waals surface area contributed by atoms with Gasteiger partial charge in [-0.25, -0.2) is 0 Å². The van der Waals surface area contributed by atoms with Crippen LogP contribution in [0.5, 0.6) is 0 Å². The van der Waals surface area contributed by atoms with Gasteiger partial charge in [0.1, 0.15) is 5.41 Å². The maximum Gasteiger partial charge on any atom is 0.319 e. The largest absolute Gasteiger partial charge is 0.480 e. The van der Waals surface area contributed by atoms with Crippen molar-refractivity contribution in [2.45, 2.75) is 26.7 Å². The van der Waals surface area contributed by atoms with Gasteiger partial charge in [-0.05, 0) is 37.8 Å². The SMILES string of the molecule is Cc1cccc(C)c1NC(=O)C1(C(=O)O)CC1. The molecule has 0 heterocycles. The van der Waals surface area contributed by atoms with Gasteiger partial charge in [0.2, 0.25) is 5.91 Å². The summed E-state index contributed by atoms with van der Waals surface area (Å²) in [6.07, 6.45) is 0.859. The van der Waals surface area contributed by atoms with Crippen molar-refractivity contribution in [2.24, 2.45) is 5.41 Å². The number of hydrogen-bond donors (Lipinski definition) is 2. The number of carboxylic acids is 1. The molecular formula is C13H15NO3. The summed E-state index contributed by atoms with van der Waals surface area (Å²) in [6.45, 7) is 3.78. The number of carbonyl (C=O) groups is 2. The van der Waals surface area contributed by atoms with Crippen LogP contribution < -0.4 is 5.32 Å². The minimum absolute atomic E-state index is 0.401. The molecule has 4 nitrogen and oxygen atoms in total. The Balaban J connectivity index is 2.23. The molecular weight excluding hydrogens is 218 g/mol. The smallest absolute Gasteiger partial charge is 0.319 e. The van der Waals surface area contributed by atoms with Gasteiger partial charge in [-0.3, -0.25) is 9.59 Å². The van der Waals surface area contributed by atoms with Crippen molar-refractivity contribution in [3.05, 3.63) is 29.3 Å². The quantitative estimate of drug-likeness (QED) is 0.786. The molecule has 1 aliphatic carbocycles. The molecule has 1 aliphatic rings. The van der Waals surface area contributed by atoms with Gasteiger partial charge in [0, 0.05) is 5.69 Å². The number of nitrogens with one attached hydrogen (secondary N) is 1. The van der Waals surface area contributed by atoms with Gasteiger partial charge in [-0.15, -0.1) is 0 Å². The first-order valence-electron chi connectivity index (χ1n) is 5.58. The van der Waals surface area contributed by atoms with Gasteiger partial charge < -0.3 is 10.4 Å². The fourth-order valence-electron chi connectivity index (χ4n) is 1.91. The first-order chi connectivity index (χ1) is 7.97. The van der Waals surface area contributed by atoms with Crippen LogP contribution in [0.2, 0.25) is 0 Å². The summed E-state index contributed by atoms with van der Waals surface area (Å²) in [6, 6.07) is 5.69. The highest BCUT2D eigenvalue weighted by Gasteiger charge is 2.57. The molecule has 0 spiro atoms. The van der Waals surface area contributed by atoms with Crippen LogP contribution in [0.15, 0.2) is 18.2 Å². The van der Waals surface area contributed by atoms with E-state index in [1.54, 1.807) is 0 Å². The zero-order chi connectivity index (χ0) is 12.6. The lowest BCUT2D eigenvalue weighted by Gasteiger charge is -2.14. The van der Waals surface area contributed by atoms with Crippen molar-refractivity contribution in [2.75, 3.05) is 5.32 Å². The number of hydrogen-bond acceptors (Lipinski definition) is 2. The van der Waals surface area contributed by atoms with Crippen LogP contribution in [0.1, 0.15) is 24.0 Å². The highest BCUT2D eigenvalue weighted by molar-refractivity contribution is 6.11. The maximum atomic E-state index is 12.0. The minimum atomic E-state index is -1.19.